The van der Waals surface area contributed by atoms with Crippen LogP contribution >= 0.6 is 11.5 Å². The summed E-state index contributed by atoms with van der Waals surface area (Å²) in [6, 6.07) is 7.91. The first-order valence-corrected chi connectivity index (χ1v) is 4.74. The van der Waals surface area contributed by atoms with E-state index in [-0.39, 0.29) is 0 Å². The zero-order chi connectivity index (χ0) is 8.67. The summed E-state index contributed by atoms with van der Waals surface area (Å²) in [6.07, 6.45) is 0. The van der Waals surface area contributed by atoms with Gasteiger partial charge in [-0.25, -0.2) is 0 Å². The van der Waals surface area contributed by atoms with Gasteiger partial charge in [0.2, 0.25) is 0 Å². The average Bonchev–Trinajstić information content (AvgIpc) is 2.65. The van der Waals surface area contributed by atoms with Crippen LogP contribution in [0.5, 0.6) is 0 Å². The molecule has 4 heteroatoms. The fourth-order valence-electron chi connectivity index (χ4n) is 1.36. The lowest BCUT2D eigenvalue weighted by Gasteiger charge is -1.94. The zero-order valence-corrected chi connectivity index (χ0v) is 7.45. The van der Waals surface area contributed by atoms with Gasteiger partial charge in [0.15, 0.2) is 0 Å². The Labute approximate surface area is 78.2 Å². The molecule has 62 valence electrons. The first kappa shape index (κ1) is 6.91. The molecule has 0 spiro atoms. The molecule has 0 fully saturated rings. The third-order valence-electron chi connectivity index (χ3n) is 1.98. The van der Waals surface area contributed by atoms with Crippen molar-refractivity contribution in [3.8, 4) is 0 Å². The standard InChI is InChI=1S/C9H5N3S/c1-2-4-7-6(3-1)9-8(11-10-7)5-13-12-9/h1-5H. The highest BCUT2D eigenvalue weighted by Gasteiger charge is 2.03. The van der Waals surface area contributed by atoms with Crippen molar-refractivity contribution in [3.05, 3.63) is 29.6 Å². The van der Waals surface area contributed by atoms with E-state index < -0.39 is 0 Å². The summed E-state index contributed by atoms with van der Waals surface area (Å²) in [5, 5.41) is 11.2. The summed E-state index contributed by atoms with van der Waals surface area (Å²) in [5.74, 6) is 0. The lowest BCUT2D eigenvalue weighted by atomic mass is 10.2. The average molecular weight is 187 g/mol. The third kappa shape index (κ3) is 0.922. The van der Waals surface area contributed by atoms with E-state index in [0.717, 1.165) is 21.9 Å². The van der Waals surface area contributed by atoms with Gasteiger partial charge in [0.1, 0.15) is 11.0 Å². The van der Waals surface area contributed by atoms with E-state index in [0.29, 0.717) is 0 Å². The fourth-order valence-corrected chi connectivity index (χ4v) is 1.97. The monoisotopic (exact) mass is 187 g/mol. The maximum absolute atomic E-state index is 4.29. The van der Waals surface area contributed by atoms with Crippen molar-refractivity contribution in [1.29, 1.82) is 0 Å². The van der Waals surface area contributed by atoms with Crippen LogP contribution in [0.15, 0.2) is 29.6 Å². The Hall–Kier alpha value is -1.55. The van der Waals surface area contributed by atoms with Crippen molar-refractivity contribution in [2.24, 2.45) is 0 Å². The van der Waals surface area contributed by atoms with Gasteiger partial charge < -0.3 is 0 Å². The molecule has 0 atom stereocenters. The lowest BCUT2D eigenvalue weighted by Crippen LogP contribution is -1.84. The Kier molecular flexibility index (Phi) is 1.31. The van der Waals surface area contributed by atoms with Gasteiger partial charge >= 0.3 is 0 Å². The van der Waals surface area contributed by atoms with E-state index in [1.54, 1.807) is 0 Å². The van der Waals surface area contributed by atoms with Gasteiger partial charge in [-0.15, -0.1) is 10.2 Å². The third-order valence-corrected chi connectivity index (χ3v) is 2.59. The van der Waals surface area contributed by atoms with Crippen LogP contribution < -0.4 is 0 Å². The minimum atomic E-state index is 0.878. The highest BCUT2D eigenvalue weighted by atomic mass is 32.1. The maximum atomic E-state index is 4.29. The lowest BCUT2D eigenvalue weighted by molar-refractivity contribution is 1.12. The summed E-state index contributed by atoms with van der Waals surface area (Å²) in [4.78, 5) is 0. The summed E-state index contributed by atoms with van der Waals surface area (Å²) in [6.45, 7) is 0. The van der Waals surface area contributed by atoms with E-state index in [1.165, 1.54) is 11.5 Å². The normalized spacial score (nSPS) is 11.1. The van der Waals surface area contributed by atoms with Crippen LogP contribution in [0.2, 0.25) is 0 Å². The van der Waals surface area contributed by atoms with E-state index in [2.05, 4.69) is 14.6 Å². The molecule has 0 N–H and O–H groups in total. The molecule has 2 aromatic heterocycles. The second-order valence-electron chi connectivity index (χ2n) is 2.77. The van der Waals surface area contributed by atoms with Gasteiger partial charge in [0.25, 0.3) is 0 Å². The van der Waals surface area contributed by atoms with Crippen molar-refractivity contribution in [3.63, 3.8) is 0 Å². The number of nitrogens with zero attached hydrogens (tertiary/aromatic N) is 3. The van der Waals surface area contributed by atoms with Crippen LogP contribution in [0.1, 0.15) is 0 Å². The molecule has 0 bridgehead atoms. The van der Waals surface area contributed by atoms with E-state index in [4.69, 9.17) is 0 Å². The molecule has 0 aliphatic rings. The Morgan fingerprint density at radius 2 is 1.85 bits per heavy atom. The molecular formula is C9H5N3S. The number of hydrogen-bond acceptors (Lipinski definition) is 4. The number of benzene rings is 1. The first-order valence-electron chi connectivity index (χ1n) is 3.91. The molecule has 0 unspecified atom stereocenters. The fraction of sp³-hybridized carbons (Fsp3) is 0. The molecule has 3 aromatic rings. The van der Waals surface area contributed by atoms with Gasteiger partial charge in [-0.3, -0.25) is 0 Å². The van der Waals surface area contributed by atoms with Crippen LogP contribution in [0.25, 0.3) is 21.9 Å². The van der Waals surface area contributed by atoms with Gasteiger partial charge in [0, 0.05) is 10.8 Å². The molecule has 1 aromatic carbocycles. The van der Waals surface area contributed by atoms with Crippen LogP contribution in [0.3, 0.4) is 0 Å². The van der Waals surface area contributed by atoms with E-state index in [9.17, 15) is 0 Å². The van der Waals surface area contributed by atoms with E-state index >= 15 is 0 Å². The molecule has 0 aliphatic heterocycles. The molecule has 0 aliphatic carbocycles. The molecule has 13 heavy (non-hydrogen) atoms. The van der Waals surface area contributed by atoms with Gasteiger partial charge in [-0.05, 0) is 17.6 Å². The maximum Gasteiger partial charge on any atom is 0.124 e. The summed E-state index contributed by atoms with van der Waals surface area (Å²) < 4.78 is 4.29. The molecule has 0 radical (unpaired) electrons. The summed E-state index contributed by atoms with van der Waals surface area (Å²) in [5.41, 5.74) is 2.74. The van der Waals surface area contributed by atoms with Crippen LogP contribution in [0, 0.1) is 0 Å². The Morgan fingerprint density at radius 1 is 1.00 bits per heavy atom. The van der Waals surface area contributed by atoms with Crippen molar-refractivity contribution in [1.82, 2.24) is 14.6 Å². The predicted molar refractivity (Wildman–Crippen MR) is 52.7 cm³/mol. The highest BCUT2D eigenvalue weighted by Crippen LogP contribution is 2.20. The van der Waals surface area contributed by atoms with Crippen molar-refractivity contribution in [2.45, 2.75) is 0 Å². The molecule has 2 heterocycles. The smallest absolute Gasteiger partial charge is 0.124 e. The quantitative estimate of drug-likeness (QED) is 0.541. The predicted octanol–water partition coefficient (Wildman–Crippen LogP) is 2.24. The Morgan fingerprint density at radius 3 is 2.85 bits per heavy atom. The molecule has 3 rings (SSSR count). The Bertz CT molecular complexity index is 573. The van der Waals surface area contributed by atoms with Gasteiger partial charge in [-0.2, -0.15) is 4.37 Å². The Balaban J connectivity index is 2.65. The number of fused-ring (bicyclic) bond motifs is 3. The number of aromatic nitrogens is 3. The minimum Gasteiger partial charge on any atom is -0.190 e. The van der Waals surface area contributed by atoms with Crippen LogP contribution in [-0.2, 0) is 0 Å². The van der Waals surface area contributed by atoms with Crippen LogP contribution in [-0.4, -0.2) is 14.6 Å². The first-order chi connectivity index (χ1) is 6.45. The van der Waals surface area contributed by atoms with Crippen molar-refractivity contribution >= 4 is 33.5 Å². The molecule has 3 nitrogen and oxygen atoms in total. The molecule has 0 saturated heterocycles. The molecule has 0 amide bonds. The largest absolute Gasteiger partial charge is 0.190 e. The molecule has 0 saturated carbocycles. The van der Waals surface area contributed by atoms with Crippen LogP contribution in [0.4, 0.5) is 0 Å². The minimum absolute atomic E-state index is 0.878. The zero-order valence-electron chi connectivity index (χ0n) is 6.64. The summed E-state index contributed by atoms with van der Waals surface area (Å²) in [7, 11) is 0. The summed E-state index contributed by atoms with van der Waals surface area (Å²) >= 11 is 1.42. The second-order valence-corrected chi connectivity index (χ2v) is 3.39. The van der Waals surface area contributed by atoms with Gasteiger partial charge in [-0.1, -0.05) is 18.2 Å². The number of hydrogen-bond donors (Lipinski definition) is 0. The number of rotatable bonds is 0. The van der Waals surface area contributed by atoms with Gasteiger partial charge in [0.05, 0.1) is 5.52 Å². The van der Waals surface area contributed by atoms with Crippen molar-refractivity contribution in [2.75, 3.05) is 0 Å². The molecular weight excluding hydrogens is 182 g/mol. The topological polar surface area (TPSA) is 38.7 Å². The second kappa shape index (κ2) is 2.47. The SMILES string of the molecule is c1ccc2c(c1)nnc1csnc12. The van der Waals surface area contributed by atoms with Crippen molar-refractivity contribution < 1.29 is 0 Å². The van der Waals surface area contributed by atoms with E-state index in [1.807, 2.05) is 29.6 Å². The highest BCUT2D eigenvalue weighted by molar-refractivity contribution is 7.04.